The summed E-state index contributed by atoms with van der Waals surface area (Å²) in [5.41, 5.74) is 4.92. The quantitative estimate of drug-likeness (QED) is 0.597. The number of aliphatic imine (C=N–C) groups is 1. The summed E-state index contributed by atoms with van der Waals surface area (Å²) in [6.07, 6.45) is 6.51. The van der Waals surface area contributed by atoms with Crippen LogP contribution in [0.1, 0.15) is 19.4 Å². The average Bonchev–Trinajstić information content (AvgIpc) is 2.58. The highest BCUT2D eigenvalue weighted by atomic mass is 14.8. The van der Waals surface area contributed by atoms with Gasteiger partial charge in [0, 0.05) is 16.6 Å². The minimum absolute atomic E-state index is 0.0586. The lowest BCUT2D eigenvalue weighted by molar-refractivity contribution is 0.680. The summed E-state index contributed by atoms with van der Waals surface area (Å²) in [7, 11) is 0. The molecule has 0 radical (unpaired) electrons. The zero-order chi connectivity index (χ0) is 10.5. The van der Waals surface area contributed by atoms with Crippen molar-refractivity contribution >= 4 is 17.0 Å². The van der Waals surface area contributed by atoms with Gasteiger partial charge in [0.1, 0.15) is 0 Å². The lowest BCUT2D eigenvalue weighted by atomic mass is 9.79. The second-order valence-electron chi connectivity index (χ2n) is 4.64. The Morgan fingerprint density at radius 2 is 1.93 bits per heavy atom. The lowest BCUT2D eigenvalue weighted by Crippen LogP contribution is -2.22. The fraction of sp³-hybridized carbons (Fsp3) is 0.214. The predicted octanol–water partition coefficient (Wildman–Crippen LogP) is 3.75. The molecular weight excluding hydrogens is 182 g/mol. The van der Waals surface area contributed by atoms with Gasteiger partial charge in [0.05, 0.1) is 11.4 Å². The Morgan fingerprint density at radius 3 is 2.80 bits per heavy atom. The Balaban J connectivity index is 2.25. The molecule has 1 aliphatic carbocycles. The molecule has 15 heavy (non-hydrogen) atoms. The van der Waals surface area contributed by atoms with Crippen LogP contribution in [0.25, 0.3) is 5.57 Å². The van der Waals surface area contributed by atoms with E-state index in [1.165, 1.54) is 16.8 Å². The summed E-state index contributed by atoms with van der Waals surface area (Å²) in [4.78, 5) is 4.72. The summed E-state index contributed by atoms with van der Waals surface area (Å²) in [5, 5.41) is 0. The van der Waals surface area contributed by atoms with Crippen LogP contribution in [0.4, 0.5) is 5.69 Å². The molecule has 74 valence electrons. The molecule has 1 heterocycles. The lowest BCUT2D eigenvalue weighted by Gasteiger charge is -2.24. The molecule has 0 fully saturated rings. The van der Waals surface area contributed by atoms with Crippen LogP contribution in [0.15, 0.2) is 47.5 Å². The molecule has 2 aliphatic rings. The van der Waals surface area contributed by atoms with E-state index in [4.69, 9.17) is 4.99 Å². The maximum atomic E-state index is 4.72. The summed E-state index contributed by atoms with van der Waals surface area (Å²) >= 11 is 0. The molecule has 0 saturated carbocycles. The molecule has 0 atom stereocenters. The molecule has 1 heteroatoms. The number of hydrogen-bond donors (Lipinski definition) is 0. The largest absolute Gasteiger partial charge is 0.251 e. The van der Waals surface area contributed by atoms with Crippen molar-refractivity contribution in [2.24, 2.45) is 10.4 Å². The van der Waals surface area contributed by atoms with E-state index in [0.29, 0.717) is 0 Å². The number of rotatable bonds is 0. The van der Waals surface area contributed by atoms with Gasteiger partial charge in [-0.25, -0.2) is 0 Å². The minimum Gasteiger partial charge on any atom is -0.251 e. The summed E-state index contributed by atoms with van der Waals surface area (Å²) in [6.45, 7) is 4.42. The third kappa shape index (κ3) is 1.13. The Kier molecular flexibility index (Phi) is 1.55. The molecule has 0 spiro atoms. The van der Waals surface area contributed by atoms with Crippen LogP contribution in [0.3, 0.4) is 0 Å². The Bertz CT molecular complexity index is 516. The van der Waals surface area contributed by atoms with Gasteiger partial charge in [0.2, 0.25) is 0 Å². The molecule has 1 aromatic carbocycles. The molecule has 0 aromatic heterocycles. The zero-order valence-corrected chi connectivity index (χ0v) is 8.99. The molecule has 1 aliphatic heterocycles. The van der Waals surface area contributed by atoms with E-state index in [1.54, 1.807) is 0 Å². The Hall–Kier alpha value is -1.63. The van der Waals surface area contributed by atoms with Gasteiger partial charge in [0.25, 0.3) is 0 Å². The van der Waals surface area contributed by atoms with Gasteiger partial charge in [-0.1, -0.05) is 50.3 Å². The highest BCUT2D eigenvalue weighted by Crippen LogP contribution is 2.42. The van der Waals surface area contributed by atoms with Crippen LogP contribution in [0.5, 0.6) is 0 Å². The third-order valence-corrected chi connectivity index (χ3v) is 3.07. The topological polar surface area (TPSA) is 12.4 Å². The standard InChI is InChI=1S/C14H13N/c1-14(2)9-5-7-11-10-6-3-4-8-12(10)15-13(11)14/h3-9H,1-2H3. The SMILES string of the molecule is CC1(C)C=CC=C2C1=Nc1ccccc12. The van der Waals surface area contributed by atoms with E-state index in [9.17, 15) is 0 Å². The Morgan fingerprint density at radius 1 is 1.13 bits per heavy atom. The van der Waals surface area contributed by atoms with Crippen molar-refractivity contribution in [2.45, 2.75) is 13.8 Å². The highest BCUT2D eigenvalue weighted by molar-refractivity contribution is 6.32. The van der Waals surface area contributed by atoms with Crippen LogP contribution in [-0.4, -0.2) is 5.71 Å². The van der Waals surface area contributed by atoms with Gasteiger partial charge in [-0.15, -0.1) is 0 Å². The molecule has 1 nitrogen and oxygen atoms in total. The molecule has 0 amide bonds. The van der Waals surface area contributed by atoms with Crippen molar-refractivity contribution in [3.63, 3.8) is 0 Å². The van der Waals surface area contributed by atoms with E-state index < -0.39 is 0 Å². The van der Waals surface area contributed by atoms with Crippen LogP contribution in [-0.2, 0) is 0 Å². The van der Waals surface area contributed by atoms with Gasteiger partial charge < -0.3 is 0 Å². The van der Waals surface area contributed by atoms with Crippen LogP contribution in [0, 0.1) is 5.41 Å². The van der Waals surface area contributed by atoms with E-state index in [-0.39, 0.29) is 5.41 Å². The number of hydrogen-bond acceptors (Lipinski definition) is 1. The van der Waals surface area contributed by atoms with Crippen molar-refractivity contribution in [3.8, 4) is 0 Å². The summed E-state index contributed by atoms with van der Waals surface area (Å²) in [5.74, 6) is 0. The van der Waals surface area contributed by atoms with Gasteiger partial charge in [0.15, 0.2) is 0 Å². The first kappa shape index (κ1) is 8.66. The number of nitrogens with zero attached hydrogens (tertiary/aromatic N) is 1. The maximum absolute atomic E-state index is 4.72. The molecule has 3 rings (SSSR count). The van der Waals surface area contributed by atoms with E-state index in [2.05, 4.69) is 50.3 Å². The minimum atomic E-state index is 0.0586. The first-order valence-electron chi connectivity index (χ1n) is 5.27. The van der Waals surface area contributed by atoms with Gasteiger partial charge in [-0.05, 0) is 6.07 Å². The van der Waals surface area contributed by atoms with Crippen molar-refractivity contribution in [3.05, 3.63) is 48.1 Å². The molecule has 0 saturated heterocycles. The second kappa shape index (κ2) is 2.69. The number of fused-ring (bicyclic) bond motifs is 3. The van der Waals surface area contributed by atoms with Gasteiger partial charge >= 0.3 is 0 Å². The normalized spacial score (nSPS) is 20.4. The second-order valence-corrected chi connectivity index (χ2v) is 4.64. The van der Waals surface area contributed by atoms with E-state index in [1.807, 2.05) is 6.07 Å². The number of para-hydroxylation sites is 1. The zero-order valence-electron chi connectivity index (χ0n) is 8.99. The number of allylic oxidation sites excluding steroid dienone is 4. The predicted molar refractivity (Wildman–Crippen MR) is 64.4 cm³/mol. The third-order valence-electron chi connectivity index (χ3n) is 3.07. The molecule has 0 unspecified atom stereocenters. The van der Waals surface area contributed by atoms with Crippen molar-refractivity contribution in [1.82, 2.24) is 0 Å². The van der Waals surface area contributed by atoms with Crippen molar-refractivity contribution in [1.29, 1.82) is 0 Å². The smallest absolute Gasteiger partial charge is 0.0712 e. The van der Waals surface area contributed by atoms with E-state index >= 15 is 0 Å². The average molecular weight is 195 g/mol. The molecule has 1 aromatic rings. The summed E-state index contributed by atoms with van der Waals surface area (Å²) in [6, 6.07) is 8.34. The molecule has 0 N–H and O–H groups in total. The van der Waals surface area contributed by atoms with Gasteiger partial charge in [-0.2, -0.15) is 0 Å². The summed E-state index contributed by atoms with van der Waals surface area (Å²) < 4.78 is 0. The van der Waals surface area contributed by atoms with E-state index in [0.717, 1.165) is 5.69 Å². The fourth-order valence-electron chi connectivity index (χ4n) is 2.23. The van der Waals surface area contributed by atoms with Crippen LogP contribution in [0.2, 0.25) is 0 Å². The monoisotopic (exact) mass is 195 g/mol. The first-order valence-corrected chi connectivity index (χ1v) is 5.27. The van der Waals surface area contributed by atoms with Crippen LogP contribution >= 0.6 is 0 Å². The van der Waals surface area contributed by atoms with Gasteiger partial charge in [-0.3, -0.25) is 4.99 Å². The maximum Gasteiger partial charge on any atom is 0.0712 e. The number of benzene rings is 1. The van der Waals surface area contributed by atoms with Crippen LogP contribution < -0.4 is 0 Å². The first-order chi connectivity index (χ1) is 7.18. The van der Waals surface area contributed by atoms with Crippen molar-refractivity contribution in [2.75, 3.05) is 0 Å². The molecular formula is C14H13N. The Labute approximate surface area is 89.9 Å². The van der Waals surface area contributed by atoms with Crippen molar-refractivity contribution < 1.29 is 0 Å². The highest BCUT2D eigenvalue weighted by Gasteiger charge is 2.32. The molecule has 0 bridgehead atoms. The fourth-order valence-corrected chi connectivity index (χ4v) is 2.23.